The van der Waals surface area contributed by atoms with Gasteiger partial charge in [-0.15, -0.1) is 0 Å². The van der Waals surface area contributed by atoms with Crippen molar-refractivity contribution in [3.8, 4) is 5.75 Å². The van der Waals surface area contributed by atoms with Crippen molar-refractivity contribution in [3.05, 3.63) is 56.5 Å². The molecule has 0 radical (unpaired) electrons. The topological polar surface area (TPSA) is 38.3 Å². The molecule has 20 heavy (non-hydrogen) atoms. The number of hydrogen-bond donors (Lipinski definition) is 1. The van der Waals surface area contributed by atoms with Crippen molar-refractivity contribution < 1.29 is 9.53 Å². The number of amides is 1. The second-order valence-electron chi connectivity index (χ2n) is 3.92. The molecule has 0 aliphatic heterocycles. The molecule has 0 saturated heterocycles. The maximum absolute atomic E-state index is 12.2. The SMILES string of the molecule is COc1ccc(Cl)c(NC(=O)c2ccc(Cl)cc2Br)c1. The van der Waals surface area contributed by atoms with Crippen LogP contribution in [0.3, 0.4) is 0 Å². The highest BCUT2D eigenvalue weighted by molar-refractivity contribution is 9.10. The minimum absolute atomic E-state index is 0.288. The molecule has 6 heteroatoms. The minimum atomic E-state index is -0.288. The van der Waals surface area contributed by atoms with E-state index < -0.39 is 0 Å². The quantitative estimate of drug-likeness (QED) is 0.819. The van der Waals surface area contributed by atoms with E-state index in [1.807, 2.05) is 0 Å². The fraction of sp³-hybridized carbons (Fsp3) is 0.0714. The highest BCUT2D eigenvalue weighted by Gasteiger charge is 2.12. The molecule has 0 fully saturated rings. The smallest absolute Gasteiger partial charge is 0.256 e. The Balaban J connectivity index is 2.27. The molecule has 0 heterocycles. The standard InChI is InChI=1S/C14H10BrCl2NO2/c1-20-9-3-5-12(17)13(7-9)18-14(19)10-4-2-8(16)6-11(10)15/h2-7H,1H3,(H,18,19). The summed E-state index contributed by atoms with van der Waals surface area (Å²) in [6.07, 6.45) is 0. The molecule has 0 saturated carbocycles. The van der Waals surface area contributed by atoms with Gasteiger partial charge < -0.3 is 10.1 Å². The molecule has 0 unspecified atom stereocenters. The molecular weight excluding hydrogens is 365 g/mol. The minimum Gasteiger partial charge on any atom is -0.497 e. The zero-order chi connectivity index (χ0) is 14.7. The summed E-state index contributed by atoms with van der Waals surface area (Å²) in [6.45, 7) is 0. The van der Waals surface area contributed by atoms with Gasteiger partial charge in [0.25, 0.3) is 5.91 Å². The van der Waals surface area contributed by atoms with Gasteiger partial charge in [-0.25, -0.2) is 0 Å². The average Bonchev–Trinajstić information content (AvgIpc) is 2.41. The molecule has 2 aromatic rings. The van der Waals surface area contributed by atoms with Gasteiger partial charge in [-0.3, -0.25) is 4.79 Å². The van der Waals surface area contributed by atoms with Gasteiger partial charge >= 0.3 is 0 Å². The first-order valence-corrected chi connectivity index (χ1v) is 7.16. The van der Waals surface area contributed by atoms with Gasteiger partial charge in [0.2, 0.25) is 0 Å². The number of methoxy groups -OCH3 is 1. The van der Waals surface area contributed by atoms with Crippen molar-refractivity contribution in [3.63, 3.8) is 0 Å². The second-order valence-corrected chi connectivity index (χ2v) is 5.62. The number of halogens is 3. The zero-order valence-electron chi connectivity index (χ0n) is 10.4. The molecule has 0 aliphatic carbocycles. The third-order valence-corrected chi connectivity index (χ3v) is 3.82. The maximum Gasteiger partial charge on any atom is 0.256 e. The Morgan fingerprint density at radius 2 is 1.95 bits per heavy atom. The molecule has 3 nitrogen and oxygen atoms in total. The molecule has 0 aliphatic rings. The van der Waals surface area contributed by atoms with E-state index in [0.717, 1.165) is 0 Å². The van der Waals surface area contributed by atoms with Crippen LogP contribution in [0.5, 0.6) is 5.75 Å². The van der Waals surface area contributed by atoms with Gasteiger partial charge in [-0.05, 0) is 46.3 Å². The van der Waals surface area contributed by atoms with Gasteiger partial charge in [0, 0.05) is 15.6 Å². The largest absolute Gasteiger partial charge is 0.497 e. The summed E-state index contributed by atoms with van der Waals surface area (Å²) in [5.74, 6) is 0.323. The summed E-state index contributed by atoms with van der Waals surface area (Å²) < 4.78 is 5.71. The van der Waals surface area contributed by atoms with Crippen LogP contribution in [0.2, 0.25) is 10.0 Å². The third-order valence-electron chi connectivity index (χ3n) is 2.60. The van der Waals surface area contributed by atoms with Crippen LogP contribution < -0.4 is 10.1 Å². The van der Waals surface area contributed by atoms with E-state index in [9.17, 15) is 4.79 Å². The second kappa shape index (κ2) is 6.48. The number of carbonyl (C=O) groups excluding carboxylic acids is 1. The summed E-state index contributed by atoms with van der Waals surface area (Å²) in [4.78, 5) is 12.2. The van der Waals surface area contributed by atoms with E-state index in [1.165, 1.54) is 0 Å². The Kier molecular flexibility index (Phi) is 4.91. The van der Waals surface area contributed by atoms with E-state index in [-0.39, 0.29) is 5.91 Å². The first-order chi connectivity index (χ1) is 9.51. The number of hydrogen-bond acceptors (Lipinski definition) is 2. The Hall–Kier alpha value is -1.23. The van der Waals surface area contributed by atoms with E-state index in [4.69, 9.17) is 27.9 Å². The van der Waals surface area contributed by atoms with Crippen molar-refractivity contribution in [2.45, 2.75) is 0 Å². The number of carbonyl (C=O) groups is 1. The predicted octanol–water partition coefficient (Wildman–Crippen LogP) is 5.02. The van der Waals surface area contributed by atoms with E-state index in [2.05, 4.69) is 21.2 Å². The van der Waals surface area contributed by atoms with Crippen LogP contribution in [0.1, 0.15) is 10.4 Å². The van der Waals surface area contributed by atoms with Gasteiger partial charge in [0.1, 0.15) is 5.75 Å². The molecule has 104 valence electrons. The van der Waals surface area contributed by atoms with Crippen molar-refractivity contribution in [2.24, 2.45) is 0 Å². The lowest BCUT2D eigenvalue weighted by Gasteiger charge is -2.10. The zero-order valence-corrected chi connectivity index (χ0v) is 13.5. The van der Waals surface area contributed by atoms with Crippen LogP contribution in [0.25, 0.3) is 0 Å². The normalized spacial score (nSPS) is 10.2. The fourth-order valence-electron chi connectivity index (χ4n) is 1.59. The molecule has 0 atom stereocenters. The number of rotatable bonds is 3. The summed E-state index contributed by atoms with van der Waals surface area (Å²) in [7, 11) is 1.55. The monoisotopic (exact) mass is 373 g/mol. The fourth-order valence-corrected chi connectivity index (χ4v) is 2.62. The van der Waals surface area contributed by atoms with Crippen molar-refractivity contribution in [2.75, 3.05) is 12.4 Å². The maximum atomic E-state index is 12.2. The molecule has 1 amide bonds. The lowest BCUT2D eigenvalue weighted by atomic mass is 10.2. The highest BCUT2D eigenvalue weighted by Crippen LogP contribution is 2.28. The number of benzene rings is 2. The van der Waals surface area contributed by atoms with Gasteiger partial charge in [-0.1, -0.05) is 23.2 Å². The van der Waals surface area contributed by atoms with Crippen LogP contribution in [0, 0.1) is 0 Å². The van der Waals surface area contributed by atoms with E-state index in [0.29, 0.717) is 31.5 Å². The Morgan fingerprint density at radius 3 is 2.60 bits per heavy atom. The molecule has 0 aromatic heterocycles. The van der Waals surface area contributed by atoms with Crippen LogP contribution >= 0.6 is 39.1 Å². The lowest BCUT2D eigenvalue weighted by Crippen LogP contribution is -2.13. The van der Waals surface area contributed by atoms with Gasteiger partial charge in [0.15, 0.2) is 0 Å². The molecule has 0 bridgehead atoms. The van der Waals surface area contributed by atoms with E-state index in [1.54, 1.807) is 43.5 Å². The summed E-state index contributed by atoms with van der Waals surface area (Å²) in [5, 5.41) is 3.72. The number of ether oxygens (including phenoxy) is 1. The van der Waals surface area contributed by atoms with Crippen molar-refractivity contribution >= 4 is 50.7 Å². The van der Waals surface area contributed by atoms with Crippen LogP contribution in [-0.2, 0) is 0 Å². The first kappa shape index (κ1) is 15.2. The molecule has 2 rings (SSSR count). The Morgan fingerprint density at radius 1 is 1.20 bits per heavy atom. The molecular formula is C14H10BrCl2NO2. The predicted molar refractivity (Wildman–Crippen MR) is 85.1 cm³/mol. The third kappa shape index (κ3) is 3.45. The Labute approximate surface area is 135 Å². The lowest BCUT2D eigenvalue weighted by molar-refractivity contribution is 0.102. The van der Waals surface area contributed by atoms with Crippen LogP contribution in [0.15, 0.2) is 40.9 Å². The van der Waals surface area contributed by atoms with Crippen molar-refractivity contribution in [1.29, 1.82) is 0 Å². The first-order valence-electron chi connectivity index (χ1n) is 5.61. The number of nitrogens with one attached hydrogen (secondary N) is 1. The van der Waals surface area contributed by atoms with Crippen LogP contribution in [-0.4, -0.2) is 13.0 Å². The summed E-state index contributed by atoms with van der Waals surface area (Å²) >= 11 is 15.2. The molecule has 0 spiro atoms. The molecule has 2 aromatic carbocycles. The Bertz CT molecular complexity index is 662. The van der Waals surface area contributed by atoms with E-state index >= 15 is 0 Å². The highest BCUT2D eigenvalue weighted by atomic mass is 79.9. The average molecular weight is 375 g/mol. The number of anilines is 1. The van der Waals surface area contributed by atoms with Crippen LogP contribution in [0.4, 0.5) is 5.69 Å². The molecule has 1 N–H and O–H groups in total. The van der Waals surface area contributed by atoms with Gasteiger partial charge in [-0.2, -0.15) is 0 Å². The van der Waals surface area contributed by atoms with Crippen molar-refractivity contribution in [1.82, 2.24) is 0 Å². The summed E-state index contributed by atoms with van der Waals surface area (Å²) in [5.41, 5.74) is 0.950. The van der Waals surface area contributed by atoms with Gasteiger partial charge in [0.05, 0.1) is 23.4 Å². The summed E-state index contributed by atoms with van der Waals surface area (Å²) in [6, 6.07) is 9.97.